The van der Waals surface area contributed by atoms with Crippen molar-refractivity contribution in [1.29, 1.82) is 0 Å². The van der Waals surface area contributed by atoms with Crippen LogP contribution in [0.15, 0.2) is 23.3 Å². The van der Waals surface area contributed by atoms with Crippen LogP contribution in [0.25, 0.3) is 0 Å². The SMILES string of the molecule is CN=C(NCCN1CCCCC1)NCc1ccc(OC(C)C)nc1.I. The molecule has 0 bridgehead atoms. The molecule has 1 aliphatic heterocycles. The van der Waals surface area contributed by atoms with Crippen molar-refractivity contribution in [2.75, 3.05) is 33.2 Å². The van der Waals surface area contributed by atoms with Crippen LogP contribution in [0.5, 0.6) is 5.88 Å². The highest BCUT2D eigenvalue weighted by molar-refractivity contribution is 14.0. The Hall–Kier alpha value is -1.09. The predicted octanol–water partition coefficient (Wildman–Crippen LogP) is 2.64. The number of guanidine groups is 1. The van der Waals surface area contributed by atoms with E-state index in [1.807, 2.05) is 32.2 Å². The average Bonchev–Trinajstić information content (AvgIpc) is 2.59. The van der Waals surface area contributed by atoms with Crippen LogP contribution in [0.3, 0.4) is 0 Å². The Balaban J connectivity index is 0.00000312. The normalized spacial score (nSPS) is 15.6. The van der Waals surface area contributed by atoms with Crippen molar-refractivity contribution < 1.29 is 4.74 Å². The molecule has 0 aliphatic carbocycles. The highest BCUT2D eigenvalue weighted by atomic mass is 127. The second kappa shape index (κ2) is 12.3. The van der Waals surface area contributed by atoms with Crippen molar-refractivity contribution in [2.24, 2.45) is 4.99 Å². The highest BCUT2D eigenvalue weighted by Crippen LogP contribution is 2.09. The molecule has 0 unspecified atom stereocenters. The summed E-state index contributed by atoms with van der Waals surface area (Å²) in [5, 5.41) is 6.70. The van der Waals surface area contributed by atoms with E-state index in [1.165, 1.54) is 32.4 Å². The van der Waals surface area contributed by atoms with Crippen molar-refractivity contribution in [1.82, 2.24) is 20.5 Å². The third-order valence-corrected chi connectivity index (χ3v) is 4.01. The molecule has 0 atom stereocenters. The monoisotopic (exact) mass is 461 g/mol. The van der Waals surface area contributed by atoms with Crippen molar-refractivity contribution in [3.05, 3.63) is 23.9 Å². The highest BCUT2D eigenvalue weighted by Gasteiger charge is 2.09. The zero-order chi connectivity index (χ0) is 17.2. The van der Waals surface area contributed by atoms with Crippen LogP contribution in [0, 0.1) is 0 Å². The Bertz CT molecular complexity index is 501. The largest absolute Gasteiger partial charge is 0.475 e. The molecule has 1 aromatic rings. The number of hydrogen-bond acceptors (Lipinski definition) is 4. The molecule has 0 saturated carbocycles. The van der Waals surface area contributed by atoms with Crippen LogP contribution in [-0.4, -0.2) is 55.2 Å². The number of piperidine rings is 1. The molecule has 0 spiro atoms. The van der Waals surface area contributed by atoms with Crippen molar-refractivity contribution >= 4 is 29.9 Å². The number of likely N-dealkylation sites (tertiary alicyclic amines) is 1. The van der Waals surface area contributed by atoms with Crippen LogP contribution in [0.2, 0.25) is 0 Å². The maximum atomic E-state index is 5.55. The maximum Gasteiger partial charge on any atom is 0.213 e. The molecule has 2 rings (SSSR count). The number of aromatic nitrogens is 1. The van der Waals surface area contributed by atoms with Crippen molar-refractivity contribution in [3.63, 3.8) is 0 Å². The Morgan fingerprint density at radius 1 is 1.24 bits per heavy atom. The minimum Gasteiger partial charge on any atom is -0.475 e. The first kappa shape index (κ1) is 22.0. The Morgan fingerprint density at radius 2 is 2.00 bits per heavy atom. The molecule has 0 aromatic carbocycles. The van der Waals surface area contributed by atoms with Gasteiger partial charge in [-0.3, -0.25) is 4.99 Å². The lowest BCUT2D eigenvalue weighted by Crippen LogP contribution is -2.42. The molecule has 1 saturated heterocycles. The van der Waals surface area contributed by atoms with Crippen molar-refractivity contribution in [2.45, 2.75) is 45.8 Å². The van der Waals surface area contributed by atoms with Gasteiger partial charge >= 0.3 is 0 Å². The standard InChI is InChI=1S/C18H31N5O.HI/c1-15(2)24-17-8-7-16(13-21-17)14-22-18(19-3)20-9-12-23-10-5-4-6-11-23;/h7-8,13,15H,4-6,9-12,14H2,1-3H3,(H2,19,20,22);1H. The van der Waals surface area contributed by atoms with Gasteiger partial charge in [0.25, 0.3) is 0 Å². The van der Waals surface area contributed by atoms with Crippen LogP contribution < -0.4 is 15.4 Å². The van der Waals surface area contributed by atoms with Crippen molar-refractivity contribution in [3.8, 4) is 5.88 Å². The summed E-state index contributed by atoms with van der Waals surface area (Å²) in [6, 6.07) is 3.93. The van der Waals surface area contributed by atoms with Crippen LogP contribution >= 0.6 is 24.0 Å². The summed E-state index contributed by atoms with van der Waals surface area (Å²) < 4.78 is 5.55. The number of nitrogens with one attached hydrogen (secondary N) is 2. The van der Waals surface area contributed by atoms with E-state index in [2.05, 4.69) is 25.5 Å². The van der Waals surface area contributed by atoms with E-state index in [0.717, 1.165) is 24.6 Å². The van der Waals surface area contributed by atoms with Crippen LogP contribution in [0.4, 0.5) is 0 Å². The second-order valence-corrected chi connectivity index (χ2v) is 6.43. The van der Waals surface area contributed by atoms with Gasteiger partial charge in [0.2, 0.25) is 5.88 Å². The van der Waals surface area contributed by atoms with Gasteiger partial charge in [-0.25, -0.2) is 4.98 Å². The number of rotatable bonds is 7. The van der Waals surface area contributed by atoms with E-state index < -0.39 is 0 Å². The second-order valence-electron chi connectivity index (χ2n) is 6.43. The minimum absolute atomic E-state index is 0. The molecule has 7 heteroatoms. The van der Waals surface area contributed by atoms with E-state index in [-0.39, 0.29) is 30.1 Å². The van der Waals surface area contributed by atoms with Gasteiger partial charge in [-0.15, -0.1) is 24.0 Å². The number of nitrogens with zero attached hydrogens (tertiary/aromatic N) is 3. The van der Waals surface area contributed by atoms with E-state index in [4.69, 9.17) is 4.74 Å². The summed E-state index contributed by atoms with van der Waals surface area (Å²) in [5.41, 5.74) is 1.10. The lowest BCUT2D eigenvalue weighted by Gasteiger charge is -2.26. The molecule has 6 nitrogen and oxygen atoms in total. The molecular formula is C18H32IN5O. The van der Waals surface area contributed by atoms with Crippen LogP contribution in [0.1, 0.15) is 38.7 Å². The Kier molecular flexibility index (Phi) is 10.8. The summed E-state index contributed by atoms with van der Waals surface area (Å²) in [4.78, 5) is 11.1. The molecule has 0 radical (unpaired) electrons. The molecule has 0 amide bonds. The number of pyridine rings is 1. The quantitative estimate of drug-likeness (QED) is 0.372. The summed E-state index contributed by atoms with van der Waals surface area (Å²) in [6.45, 7) is 9.13. The van der Waals surface area contributed by atoms with Gasteiger partial charge < -0.3 is 20.3 Å². The average molecular weight is 461 g/mol. The zero-order valence-corrected chi connectivity index (χ0v) is 18.0. The first-order chi connectivity index (χ1) is 11.7. The number of halogens is 1. The Morgan fingerprint density at radius 3 is 2.60 bits per heavy atom. The minimum atomic E-state index is 0. The number of aliphatic imine (C=N–C) groups is 1. The van der Waals surface area contributed by atoms with Gasteiger partial charge in [0, 0.05) is 38.9 Å². The Labute approximate surface area is 168 Å². The summed E-state index contributed by atoms with van der Waals surface area (Å²) in [6.07, 6.45) is 6.02. The lowest BCUT2D eigenvalue weighted by molar-refractivity contribution is 0.232. The molecule has 2 N–H and O–H groups in total. The van der Waals surface area contributed by atoms with E-state index in [1.54, 1.807) is 7.05 Å². The van der Waals surface area contributed by atoms with E-state index in [9.17, 15) is 0 Å². The fourth-order valence-electron chi connectivity index (χ4n) is 2.75. The van der Waals surface area contributed by atoms with Gasteiger partial charge in [0.05, 0.1) is 6.10 Å². The summed E-state index contributed by atoms with van der Waals surface area (Å²) in [7, 11) is 1.80. The topological polar surface area (TPSA) is 61.8 Å². The molecule has 1 aliphatic rings. The zero-order valence-electron chi connectivity index (χ0n) is 15.6. The number of hydrogen-bond donors (Lipinski definition) is 2. The smallest absolute Gasteiger partial charge is 0.213 e. The molecule has 2 heterocycles. The molecule has 25 heavy (non-hydrogen) atoms. The van der Waals surface area contributed by atoms with Gasteiger partial charge in [0.15, 0.2) is 5.96 Å². The fraction of sp³-hybridized carbons (Fsp3) is 0.667. The van der Waals surface area contributed by atoms with Gasteiger partial charge in [-0.2, -0.15) is 0 Å². The molecule has 142 valence electrons. The predicted molar refractivity (Wildman–Crippen MR) is 114 cm³/mol. The van der Waals surface area contributed by atoms with Gasteiger partial charge in [-0.1, -0.05) is 12.5 Å². The van der Waals surface area contributed by atoms with E-state index in [0.29, 0.717) is 12.4 Å². The van der Waals surface area contributed by atoms with Gasteiger partial charge in [-0.05, 0) is 45.3 Å². The summed E-state index contributed by atoms with van der Waals surface area (Å²) in [5.74, 6) is 1.49. The fourth-order valence-corrected chi connectivity index (χ4v) is 2.75. The first-order valence-electron chi connectivity index (χ1n) is 8.96. The lowest BCUT2D eigenvalue weighted by atomic mass is 10.1. The van der Waals surface area contributed by atoms with Gasteiger partial charge in [0.1, 0.15) is 0 Å². The molecule has 1 aromatic heterocycles. The van der Waals surface area contributed by atoms with E-state index >= 15 is 0 Å². The maximum absolute atomic E-state index is 5.55. The third kappa shape index (κ3) is 8.71. The first-order valence-corrected chi connectivity index (χ1v) is 8.96. The van der Waals surface area contributed by atoms with Crippen LogP contribution in [-0.2, 0) is 6.54 Å². The molecule has 1 fully saturated rings. The number of ether oxygens (including phenoxy) is 1. The summed E-state index contributed by atoms with van der Waals surface area (Å²) >= 11 is 0. The third-order valence-electron chi connectivity index (χ3n) is 4.01. The molecular weight excluding hydrogens is 429 g/mol.